The second kappa shape index (κ2) is 8.26. The zero-order valence-corrected chi connectivity index (χ0v) is 17.3. The van der Waals surface area contributed by atoms with Crippen LogP contribution in [0.4, 0.5) is 5.69 Å². The molecule has 2 aromatic rings. The van der Waals surface area contributed by atoms with Crippen molar-refractivity contribution < 1.29 is 9.59 Å². The van der Waals surface area contributed by atoms with Crippen LogP contribution >= 0.6 is 11.3 Å². The van der Waals surface area contributed by atoms with Crippen LogP contribution in [0.2, 0.25) is 0 Å². The number of likely N-dealkylation sites (tertiary alicyclic amines) is 1. The molecule has 4 nitrogen and oxygen atoms in total. The van der Waals surface area contributed by atoms with E-state index >= 15 is 0 Å². The van der Waals surface area contributed by atoms with Crippen molar-refractivity contribution in [2.24, 2.45) is 0 Å². The minimum absolute atomic E-state index is 0.0381. The lowest BCUT2D eigenvalue weighted by atomic mass is 9.92. The van der Waals surface area contributed by atoms with Crippen LogP contribution in [0, 0.1) is 0 Å². The fraction of sp³-hybridized carbons (Fsp3) is 0.455. The molecule has 1 aliphatic rings. The van der Waals surface area contributed by atoms with Crippen LogP contribution in [0.5, 0.6) is 0 Å². The quantitative estimate of drug-likeness (QED) is 0.766. The van der Waals surface area contributed by atoms with E-state index in [9.17, 15) is 9.59 Å². The summed E-state index contributed by atoms with van der Waals surface area (Å²) in [7, 11) is 0. The van der Waals surface area contributed by atoms with Crippen molar-refractivity contribution in [2.75, 3.05) is 11.9 Å². The first kappa shape index (κ1) is 19.6. The van der Waals surface area contributed by atoms with E-state index in [2.05, 4.69) is 51.2 Å². The zero-order valence-electron chi connectivity index (χ0n) is 16.5. The second-order valence-electron chi connectivity index (χ2n) is 7.74. The van der Waals surface area contributed by atoms with Crippen molar-refractivity contribution in [3.05, 3.63) is 51.7 Å². The highest BCUT2D eigenvalue weighted by molar-refractivity contribution is 7.12. The average molecular weight is 385 g/mol. The van der Waals surface area contributed by atoms with E-state index in [0.717, 1.165) is 23.2 Å². The molecule has 1 saturated heterocycles. The van der Waals surface area contributed by atoms with Crippen LogP contribution < -0.4 is 5.32 Å². The normalized spacial score (nSPS) is 17.0. The number of benzene rings is 1. The van der Waals surface area contributed by atoms with Gasteiger partial charge in [0.05, 0.1) is 4.88 Å². The van der Waals surface area contributed by atoms with Crippen LogP contribution in [0.25, 0.3) is 0 Å². The van der Waals surface area contributed by atoms with E-state index in [4.69, 9.17) is 0 Å². The summed E-state index contributed by atoms with van der Waals surface area (Å²) in [6.45, 7) is 9.18. The van der Waals surface area contributed by atoms with Gasteiger partial charge in [-0.1, -0.05) is 52.0 Å². The number of thiophene rings is 1. The van der Waals surface area contributed by atoms with Crippen molar-refractivity contribution in [2.45, 2.75) is 58.4 Å². The molecule has 1 N–H and O–H groups in total. The summed E-state index contributed by atoms with van der Waals surface area (Å²) in [5, 5.41) is 5.08. The SMILES string of the molecule is CC(C)c1cccc(C(C)C)c1NC(=O)C1CCCN1C(=O)c1cccs1. The first-order chi connectivity index (χ1) is 12.9. The Morgan fingerprint density at radius 1 is 1.07 bits per heavy atom. The highest BCUT2D eigenvalue weighted by atomic mass is 32.1. The van der Waals surface area contributed by atoms with Crippen LogP contribution in [-0.2, 0) is 4.79 Å². The third kappa shape index (κ3) is 4.08. The van der Waals surface area contributed by atoms with Gasteiger partial charge in [-0.25, -0.2) is 0 Å². The Hall–Kier alpha value is -2.14. The van der Waals surface area contributed by atoms with Gasteiger partial charge in [-0.3, -0.25) is 9.59 Å². The largest absolute Gasteiger partial charge is 0.326 e. The Morgan fingerprint density at radius 2 is 1.74 bits per heavy atom. The Bertz CT molecular complexity index is 785. The highest BCUT2D eigenvalue weighted by Crippen LogP contribution is 2.33. The number of hydrogen-bond donors (Lipinski definition) is 1. The topological polar surface area (TPSA) is 49.4 Å². The van der Waals surface area contributed by atoms with E-state index in [1.54, 1.807) is 4.90 Å². The lowest BCUT2D eigenvalue weighted by molar-refractivity contribution is -0.119. The molecular formula is C22H28N2O2S. The molecule has 1 aromatic carbocycles. The summed E-state index contributed by atoms with van der Waals surface area (Å²) < 4.78 is 0. The maximum Gasteiger partial charge on any atom is 0.264 e. The Labute approximate surface area is 165 Å². The van der Waals surface area contributed by atoms with Gasteiger partial charge in [0, 0.05) is 12.2 Å². The molecule has 2 heterocycles. The number of anilines is 1. The zero-order chi connectivity index (χ0) is 19.6. The van der Waals surface area contributed by atoms with E-state index in [1.165, 1.54) is 11.3 Å². The summed E-state index contributed by atoms with van der Waals surface area (Å²) >= 11 is 1.43. The van der Waals surface area contributed by atoms with Crippen molar-refractivity contribution >= 4 is 28.8 Å². The standard InChI is InChI=1S/C22H28N2O2S/c1-14(2)16-8-5-9-17(15(3)4)20(16)23-21(25)18-10-6-12-24(18)22(26)19-11-7-13-27-19/h5,7-9,11,13-15,18H,6,10,12H2,1-4H3,(H,23,25). The van der Waals surface area contributed by atoms with Gasteiger partial charge in [0.1, 0.15) is 6.04 Å². The Balaban J connectivity index is 1.86. The first-order valence-corrected chi connectivity index (χ1v) is 10.6. The number of rotatable bonds is 5. The van der Waals surface area contributed by atoms with Gasteiger partial charge >= 0.3 is 0 Å². The number of hydrogen-bond acceptors (Lipinski definition) is 3. The van der Waals surface area contributed by atoms with Gasteiger partial charge in [0.25, 0.3) is 5.91 Å². The summed E-state index contributed by atoms with van der Waals surface area (Å²) in [6.07, 6.45) is 1.57. The lowest BCUT2D eigenvalue weighted by Crippen LogP contribution is -2.43. The molecule has 0 aliphatic carbocycles. The minimum atomic E-state index is -0.403. The van der Waals surface area contributed by atoms with E-state index in [-0.39, 0.29) is 11.8 Å². The molecule has 5 heteroatoms. The van der Waals surface area contributed by atoms with Crippen LogP contribution in [0.1, 0.15) is 73.2 Å². The summed E-state index contributed by atoms with van der Waals surface area (Å²) in [5.41, 5.74) is 3.20. The summed E-state index contributed by atoms with van der Waals surface area (Å²) in [4.78, 5) is 28.4. The molecule has 2 amide bonds. The fourth-order valence-corrected chi connectivity index (χ4v) is 4.40. The number of nitrogens with zero attached hydrogens (tertiary/aromatic N) is 1. The highest BCUT2D eigenvalue weighted by Gasteiger charge is 2.35. The third-order valence-corrected chi connectivity index (χ3v) is 6.03. The average Bonchev–Trinajstić information content (AvgIpc) is 3.32. The Morgan fingerprint density at radius 3 is 2.30 bits per heavy atom. The number of para-hydroxylation sites is 1. The molecule has 144 valence electrons. The predicted molar refractivity (Wildman–Crippen MR) is 112 cm³/mol. The monoisotopic (exact) mass is 384 g/mol. The summed E-state index contributed by atoms with van der Waals surface area (Å²) in [6, 6.07) is 9.51. The van der Waals surface area contributed by atoms with Gasteiger partial charge in [-0.15, -0.1) is 11.3 Å². The van der Waals surface area contributed by atoms with Crippen LogP contribution in [0.3, 0.4) is 0 Å². The predicted octanol–water partition coefficient (Wildman–Crippen LogP) is 5.24. The molecule has 1 unspecified atom stereocenters. The molecule has 3 rings (SSSR count). The molecule has 0 spiro atoms. The van der Waals surface area contributed by atoms with Gasteiger partial charge in [-0.05, 0) is 47.3 Å². The van der Waals surface area contributed by atoms with Gasteiger partial charge in [-0.2, -0.15) is 0 Å². The Kier molecular flexibility index (Phi) is 6.00. The number of amides is 2. The van der Waals surface area contributed by atoms with E-state index in [1.807, 2.05) is 17.5 Å². The van der Waals surface area contributed by atoms with Gasteiger partial charge < -0.3 is 10.2 Å². The lowest BCUT2D eigenvalue weighted by Gasteiger charge is -2.26. The van der Waals surface area contributed by atoms with Gasteiger partial charge in [0.15, 0.2) is 0 Å². The molecular weight excluding hydrogens is 356 g/mol. The molecule has 0 bridgehead atoms. The van der Waals surface area contributed by atoms with Crippen LogP contribution in [0.15, 0.2) is 35.7 Å². The maximum atomic E-state index is 13.1. The second-order valence-corrected chi connectivity index (χ2v) is 8.69. The molecule has 1 fully saturated rings. The van der Waals surface area contributed by atoms with Crippen molar-refractivity contribution in [1.82, 2.24) is 4.90 Å². The van der Waals surface area contributed by atoms with E-state index in [0.29, 0.717) is 29.7 Å². The molecule has 1 aliphatic heterocycles. The molecule has 27 heavy (non-hydrogen) atoms. The number of carbonyl (C=O) groups excluding carboxylic acids is 2. The van der Waals surface area contributed by atoms with Crippen molar-refractivity contribution in [3.8, 4) is 0 Å². The van der Waals surface area contributed by atoms with Crippen LogP contribution in [-0.4, -0.2) is 29.3 Å². The minimum Gasteiger partial charge on any atom is -0.326 e. The molecule has 1 aromatic heterocycles. The van der Waals surface area contributed by atoms with Gasteiger partial charge in [0.2, 0.25) is 5.91 Å². The van der Waals surface area contributed by atoms with E-state index < -0.39 is 6.04 Å². The molecule has 0 radical (unpaired) electrons. The fourth-order valence-electron chi connectivity index (χ4n) is 3.73. The third-order valence-electron chi connectivity index (χ3n) is 5.17. The van der Waals surface area contributed by atoms with Crippen molar-refractivity contribution in [3.63, 3.8) is 0 Å². The number of nitrogens with one attached hydrogen (secondary N) is 1. The van der Waals surface area contributed by atoms with Crippen molar-refractivity contribution in [1.29, 1.82) is 0 Å². The molecule has 0 saturated carbocycles. The number of carbonyl (C=O) groups is 2. The summed E-state index contributed by atoms with van der Waals surface area (Å²) in [5.74, 6) is 0.508. The maximum absolute atomic E-state index is 13.1. The smallest absolute Gasteiger partial charge is 0.264 e. The first-order valence-electron chi connectivity index (χ1n) is 9.68. The molecule has 1 atom stereocenters.